The lowest BCUT2D eigenvalue weighted by molar-refractivity contribution is -0.0512. The molecular weight excluding hydrogens is 458 g/mol. The largest absolute Gasteiger partial charge is 0.493 e. The Morgan fingerprint density at radius 3 is 2.55 bits per heavy atom. The summed E-state index contributed by atoms with van der Waals surface area (Å²) in [5.41, 5.74) is 1.54. The van der Waals surface area contributed by atoms with E-state index in [-0.39, 0.29) is 41.6 Å². The zero-order valence-corrected chi connectivity index (χ0v) is 19.2. The zero-order chi connectivity index (χ0) is 24.0. The van der Waals surface area contributed by atoms with Crippen LogP contribution < -0.4 is 14.8 Å². The number of benzene rings is 2. The second-order valence-corrected chi connectivity index (χ2v) is 9.30. The fourth-order valence-corrected chi connectivity index (χ4v) is 4.86. The van der Waals surface area contributed by atoms with Crippen LogP contribution in [0.1, 0.15) is 21.5 Å². The highest BCUT2D eigenvalue weighted by Gasteiger charge is 2.27. The molecule has 0 saturated carbocycles. The van der Waals surface area contributed by atoms with Crippen molar-refractivity contribution in [3.05, 3.63) is 53.1 Å². The highest BCUT2D eigenvalue weighted by molar-refractivity contribution is 7.89. The summed E-state index contributed by atoms with van der Waals surface area (Å²) >= 11 is 0. The molecular formula is C22H26F2N2O6S. The standard InChI is InChI=1S/C22H26F2N2O6S/c1-15-3-5-17(33(28,29)26-9-11-31-12-10-26)14-18(15)21(27)25-8-7-16-4-6-19(30-2)20(13-16)32-22(23)24/h3-6,13-14,22H,7-12H2,1-2H3,(H,25,27). The summed E-state index contributed by atoms with van der Waals surface area (Å²) in [6.07, 6.45) is 0.347. The van der Waals surface area contributed by atoms with Crippen molar-refractivity contribution in [2.24, 2.45) is 0 Å². The Morgan fingerprint density at radius 1 is 1.15 bits per heavy atom. The van der Waals surface area contributed by atoms with Gasteiger partial charge in [-0.05, 0) is 48.7 Å². The molecule has 180 valence electrons. The molecule has 1 amide bonds. The lowest BCUT2D eigenvalue weighted by atomic mass is 10.1. The topological polar surface area (TPSA) is 94.2 Å². The maximum absolute atomic E-state index is 12.9. The first-order valence-corrected chi connectivity index (χ1v) is 11.7. The van der Waals surface area contributed by atoms with Crippen molar-refractivity contribution < 1.29 is 36.2 Å². The summed E-state index contributed by atoms with van der Waals surface area (Å²) < 4.78 is 67.0. The Morgan fingerprint density at radius 2 is 1.88 bits per heavy atom. The van der Waals surface area contributed by atoms with E-state index < -0.39 is 22.5 Å². The van der Waals surface area contributed by atoms with E-state index in [0.717, 1.165) is 0 Å². The number of halogens is 2. The monoisotopic (exact) mass is 484 g/mol. The normalized spacial score (nSPS) is 14.8. The number of alkyl halides is 2. The minimum Gasteiger partial charge on any atom is -0.493 e. The molecule has 1 aliphatic rings. The molecule has 0 spiro atoms. The van der Waals surface area contributed by atoms with Gasteiger partial charge < -0.3 is 19.5 Å². The molecule has 0 aromatic heterocycles. The fraction of sp³-hybridized carbons (Fsp3) is 0.409. The molecule has 0 aliphatic carbocycles. The van der Waals surface area contributed by atoms with Crippen LogP contribution in [0.3, 0.4) is 0 Å². The van der Waals surface area contributed by atoms with Crippen molar-refractivity contribution in [2.75, 3.05) is 40.0 Å². The SMILES string of the molecule is COc1ccc(CCNC(=O)c2cc(S(=O)(=O)N3CCOCC3)ccc2C)cc1OC(F)F. The Balaban J connectivity index is 1.68. The van der Waals surface area contributed by atoms with Crippen molar-refractivity contribution in [3.63, 3.8) is 0 Å². The number of sulfonamides is 1. The van der Waals surface area contributed by atoms with Crippen LogP contribution in [0.25, 0.3) is 0 Å². The number of carbonyl (C=O) groups excluding carboxylic acids is 1. The summed E-state index contributed by atoms with van der Waals surface area (Å²) in [5, 5.41) is 2.75. The molecule has 3 rings (SSSR count). The van der Waals surface area contributed by atoms with Crippen LogP contribution in [0.4, 0.5) is 8.78 Å². The third-order valence-electron chi connectivity index (χ3n) is 5.20. The first-order chi connectivity index (χ1) is 15.7. The zero-order valence-electron chi connectivity index (χ0n) is 18.3. The van der Waals surface area contributed by atoms with Gasteiger partial charge in [0.1, 0.15) is 0 Å². The van der Waals surface area contributed by atoms with Crippen LogP contribution in [0.2, 0.25) is 0 Å². The number of aryl methyl sites for hydroxylation is 1. The lowest BCUT2D eigenvalue weighted by Gasteiger charge is -2.26. The van der Waals surface area contributed by atoms with Crippen LogP contribution >= 0.6 is 0 Å². The van der Waals surface area contributed by atoms with Gasteiger partial charge in [0.25, 0.3) is 5.91 Å². The molecule has 0 atom stereocenters. The van der Waals surface area contributed by atoms with Crippen molar-refractivity contribution in [1.82, 2.24) is 9.62 Å². The van der Waals surface area contributed by atoms with Gasteiger partial charge in [-0.15, -0.1) is 0 Å². The van der Waals surface area contributed by atoms with Crippen LogP contribution in [-0.2, 0) is 21.2 Å². The van der Waals surface area contributed by atoms with Gasteiger partial charge in [-0.3, -0.25) is 4.79 Å². The minimum atomic E-state index is -3.73. The molecule has 1 fully saturated rings. The van der Waals surface area contributed by atoms with Crippen molar-refractivity contribution in [2.45, 2.75) is 24.9 Å². The van der Waals surface area contributed by atoms with E-state index in [1.807, 2.05) is 0 Å². The number of rotatable bonds is 9. The van der Waals surface area contributed by atoms with E-state index in [2.05, 4.69) is 10.1 Å². The van der Waals surface area contributed by atoms with Gasteiger partial charge in [0.15, 0.2) is 11.5 Å². The lowest BCUT2D eigenvalue weighted by Crippen LogP contribution is -2.40. The smallest absolute Gasteiger partial charge is 0.387 e. The Labute approximate surface area is 191 Å². The van der Waals surface area contributed by atoms with Crippen molar-refractivity contribution >= 4 is 15.9 Å². The van der Waals surface area contributed by atoms with Gasteiger partial charge in [-0.1, -0.05) is 12.1 Å². The van der Waals surface area contributed by atoms with E-state index in [0.29, 0.717) is 30.8 Å². The summed E-state index contributed by atoms with van der Waals surface area (Å²) in [5.74, 6) is -0.339. The number of hydrogen-bond donors (Lipinski definition) is 1. The number of amides is 1. The predicted molar refractivity (Wildman–Crippen MR) is 116 cm³/mol. The van der Waals surface area contributed by atoms with Crippen LogP contribution in [0, 0.1) is 6.92 Å². The molecule has 2 aromatic rings. The molecule has 1 heterocycles. The first kappa shape index (κ1) is 24.9. The number of nitrogens with zero attached hydrogens (tertiary/aromatic N) is 1. The number of morpholine rings is 1. The average Bonchev–Trinajstić information content (AvgIpc) is 2.79. The molecule has 1 saturated heterocycles. The van der Waals surface area contributed by atoms with E-state index >= 15 is 0 Å². The predicted octanol–water partition coefficient (Wildman–Crippen LogP) is 2.60. The molecule has 0 unspecified atom stereocenters. The van der Waals surface area contributed by atoms with E-state index in [9.17, 15) is 22.0 Å². The quantitative estimate of drug-likeness (QED) is 0.588. The summed E-state index contributed by atoms with van der Waals surface area (Å²) in [6.45, 7) is 0.115. The van der Waals surface area contributed by atoms with Crippen LogP contribution in [-0.4, -0.2) is 65.2 Å². The Kier molecular flexibility index (Phi) is 8.22. The molecule has 1 aliphatic heterocycles. The van der Waals surface area contributed by atoms with Gasteiger partial charge in [0, 0.05) is 25.2 Å². The summed E-state index contributed by atoms with van der Waals surface area (Å²) in [4.78, 5) is 12.8. The molecule has 8 nitrogen and oxygen atoms in total. The number of ether oxygens (including phenoxy) is 3. The first-order valence-electron chi connectivity index (χ1n) is 10.3. The fourth-order valence-electron chi connectivity index (χ4n) is 3.42. The highest BCUT2D eigenvalue weighted by atomic mass is 32.2. The molecule has 1 N–H and O–H groups in total. The maximum Gasteiger partial charge on any atom is 0.387 e. The third kappa shape index (κ3) is 6.18. The van der Waals surface area contributed by atoms with Gasteiger partial charge >= 0.3 is 6.61 Å². The van der Waals surface area contributed by atoms with Gasteiger partial charge in [-0.2, -0.15) is 13.1 Å². The highest BCUT2D eigenvalue weighted by Crippen LogP contribution is 2.29. The van der Waals surface area contributed by atoms with Crippen molar-refractivity contribution in [1.29, 1.82) is 0 Å². The van der Waals surface area contributed by atoms with Crippen molar-refractivity contribution in [3.8, 4) is 11.5 Å². The van der Waals surface area contributed by atoms with E-state index in [1.165, 1.54) is 35.7 Å². The second kappa shape index (κ2) is 10.9. The summed E-state index contributed by atoms with van der Waals surface area (Å²) in [6, 6.07) is 9.08. The van der Waals surface area contributed by atoms with Gasteiger partial charge in [0.05, 0.1) is 25.2 Å². The average molecular weight is 485 g/mol. The molecule has 0 bridgehead atoms. The third-order valence-corrected chi connectivity index (χ3v) is 7.10. The maximum atomic E-state index is 12.9. The van der Waals surface area contributed by atoms with E-state index in [4.69, 9.17) is 9.47 Å². The molecule has 2 aromatic carbocycles. The van der Waals surface area contributed by atoms with Gasteiger partial charge in [0.2, 0.25) is 10.0 Å². The number of hydrogen-bond acceptors (Lipinski definition) is 6. The molecule has 0 radical (unpaired) electrons. The second-order valence-electron chi connectivity index (χ2n) is 7.36. The van der Waals surface area contributed by atoms with Crippen LogP contribution in [0.5, 0.6) is 11.5 Å². The van der Waals surface area contributed by atoms with E-state index in [1.54, 1.807) is 19.1 Å². The number of methoxy groups -OCH3 is 1. The molecule has 11 heteroatoms. The Hall–Kier alpha value is -2.76. The minimum absolute atomic E-state index is 0.0455. The Bertz CT molecular complexity index is 1090. The number of carbonyl (C=O) groups is 1. The molecule has 33 heavy (non-hydrogen) atoms. The summed E-state index contributed by atoms with van der Waals surface area (Å²) in [7, 11) is -2.38. The van der Waals surface area contributed by atoms with Crippen LogP contribution in [0.15, 0.2) is 41.3 Å². The number of nitrogens with one attached hydrogen (secondary N) is 1. The van der Waals surface area contributed by atoms with Gasteiger partial charge in [-0.25, -0.2) is 8.42 Å².